The number of nitrogen functional groups attached to an aromatic ring is 1. The number of anilines is 1. The van der Waals surface area contributed by atoms with Gasteiger partial charge in [0.15, 0.2) is 23.5 Å². The molecule has 1 aliphatic heterocycles. The van der Waals surface area contributed by atoms with Crippen LogP contribution in [-0.2, 0) is 11.3 Å². The van der Waals surface area contributed by atoms with E-state index in [-0.39, 0.29) is 4.57 Å². The number of aliphatic hydroxyl groups excluding tert-OH is 2. The predicted molar refractivity (Wildman–Crippen MR) is 85.4 cm³/mol. The lowest BCUT2D eigenvalue weighted by molar-refractivity contribution is -0.237. The van der Waals surface area contributed by atoms with Crippen LogP contribution in [0.25, 0.3) is 11.2 Å². The molecule has 0 radical (unpaired) electrons. The molecule has 2 aromatic heterocycles. The Kier molecular flexibility index (Phi) is 5.36. The highest BCUT2D eigenvalue weighted by atomic mass is 19.4. The average molecular weight is 447 g/mol. The van der Waals surface area contributed by atoms with Gasteiger partial charge in [0.2, 0.25) is 11.8 Å². The quantitative estimate of drug-likeness (QED) is 0.570. The van der Waals surface area contributed by atoms with Gasteiger partial charge in [0, 0.05) is 6.42 Å². The van der Waals surface area contributed by atoms with E-state index in [2.05, 4.69) is 9.97 Å². The zero-order valence-electron chi connectivity index (χ0n) is 15.0. The van der Waals surface area contributed by atoms with E-state index in [0.29, 0.717) is 4.57 Å². The minimum Gasteiger partial charge on any atom is -0.479 e. The summed E-state index contributed by atoms with van der Waals surface area (Å²) in [4.78, 5) is 20.0. The smallest absolute Gasteiger partial charge is 0.416 e. The third-order valence-corrected chi connectivity index (χ3v) is 4.38. The van der Waals surface area contributed by atoms with Crippen LogP contribution < -0.4 is 16.2 Å². The topological polar surface area (TPSA) is 138 Å². The predicted octanol–water partition coefficient (Wildman–Crippen LogP) is 0.318. The largest absolute Gasteiger partial charge is 0.479 e. The van der Waals surface area contributed by atoms with E-state index >= 15 is 0 Å². The Morgan fingerprint density at radius 1 is 1.30 bits per heavy atom. The van der Waals surface area contributed by atoms with Crippen LogP contribution in [0.3, 0.4) is 0 Å². The van der Waals surface area contributed by atoms with Gasteiger partial charge in [-0.05, 0) is 0 Å². The number of aromatic nitrogens is 4. The summed E-state index contributed by atoms with van der Waals surface area (Å²) in [6.07, 6.45) is -19.3. The molecule has 4 N–H and O–H groups in total. The van der Waals surface area contributed by atoms with Crippen molar-refractivity contribution in [3.05, 3.63) is 10.5 Å². The highest BCUT2D eigenvalue weighted by molar-refractivity contribution is 5.78. The van der Waals surface area contributed by atoms with Gasteiger partial charge in [-0.15, -0.1) is 0 Å². The second-order valence-corrected chi connectivity index (χ2v) is 6.47. The van der Waals surface area contributed by atoms with Crippen LogP contribution in [0.1, 0.15) is 12.6 Å². The zero-order valence-corrected chi connectivity index (χ0v) is 15.0. The van der Waals surface area contributed by atoms with Crippen molar-refractivity contribution in [2.75, 3.05) is 12.8 Å². The van der Waals surface area contributed by atoms with Crippen LogP contribution in [0.5, 0.6) is 5.88 Å². The third-order valence-electron chi connectivity index (χ3n) is 4.38. The summed E-state index contributed by atoms with van der Waals surface area (Å²) in [5.74, 6) is -1.02. The number of halogens is 6. The van der Waals surface area contributed by atoms with Gasteiger partial charge in [-0.1, -0.05) is 0 Å². The molecule has 0 aliphatic carbocycles. The molecule has 16 heteroatoms. The molecule has 30 heavy (non-hydrogen) atoms. The average Bonchev–Trinajstić information content (AvgIpc) is 3.09. The summed E-state index contributed by atoms with van der Waals surface area (Å²) < 4.78 is 87.8. The maximum absolute atomic E-state index is 13.0. The van der Waals surface area contributed by atoms with E-state index in [4.69, 9.17) is 15.2 Å². The second-order valence-electron chi connectivity index (χ2n) is 6.47. The maximum Gasteiger partial charge on any atom is 0.416 e. The van der Waals surface area contributed by atoms with Gasteiger partial charge in [-0.25, -0.2) is 9.36 Å². The first-order valence-electron chi connectivity index (χ1n) is 8.22. The summed E-state index contributed by atoms with van der Waals surface area (Å²) in [6, 6.07) is 0. The minimum atomic E-state index is -5.09. The normalized spacial score (nSPS) is 23.8. The SMILES string of the molecule is COc1nc(N)nc2c1n(CC(F)(F)F)c(=O)n2[C@@H]1O[C@H](C(O)C(F)(F)F)C[C@H]1O. The van der Waals surface area contributed by atoms with Gasteiger partial charge < -0.3 is 25.4 Å². The Bertz CT molecular complexity index is 1000. The highest BCUT2D eigenvalue weighted by Crippen LogP contribution is 2.37. The molecule has 0 aromatic carbocycles. The second kappa shape index (κ2) is 7.28. The molecule has 10 nitrogen and oxygen atoms in total. The molecule has 1 saturated heterocycles. The molecular weight excluding hydrogens is 432 g/mol. The number of methoxy groups -OCH3 is 1. The molecule has 0 saturated carbocycles. The molecular formula is C14H15F6N5O5. The number of fused-ring (bicyclic) bond motifs is 1. The van der Waals surface area contributed by atoms with Crippen molar-refractivity contribution < 1.29 is 46.0 Å². The lowest BCUT2D eigenvalue weighted by atomic mass is 10.1. The fraction of sp³-hybridized carbons (Fsp3) is 0.643. The molecule has 3 heterocycles. The van der Waals surface area contributed by atoms with Gasteiger partial charge in [0.05, 0.1) is 13.2 Å². The summed E-state index contributed by atoms with van der Waals surface area (Å²) >= 11 is 0. The summed E-state index contributed by atoms with van der Waals surface area (Å²) in [6.45, 7) is -1.81. The number of rotatable bonds is 4. The molecule has 1 fully saturated rings. The van der Waals surface area contributed by atoms with E-state index in [1.165, 1.54) is 0 Å². The molecule has 4 atom stereocenters. The fourth-order valence-electron chi connectivity index (χ4n) is 3.18. The third kappa shape index (κ3) is 3.89. The molecule has 1 aliphatic rings. The monoisotopic (exact) mass is 447 g/mol. The minimum absolute atomic E-state index is 0.178. The molecule has 1 unspecified atom stereocenters. The Morgan fingerprint density at radius 2 is 1.93 bits per heavy atom. The number of nitrogens with two attached hydrogens (primary N) is 1. The van der Waals surface area contributed by atoms with Gasteiger partial charge >= 0.3 is 18.0 Å². The van der Waals surface area contributed by atoms with E-state index in [9.17, 15) is 41.4 Å². The Balaban J connectivity index is 2.18. The van der Waals surface area contributed by atoms with Crippen LogP contribution in [0, 0.1) is 0 Å². The van der Waals surface area contributed by atoms with Crippen LogP contribution in [0.2, 0.25) is 0 Å². The summed E-state index contributed by atoms with van der Waals surface area (Å²) in [5.41, 5.74) is 2.96. The first-order valence-corrected chi connectivity index (χ1v) is 8.22. The molecule has 0 bridgehead atoms. The van der Waals surface area contributed by atoms with Gasteiger partial charge in [0.1, 0.15) is 12.6 Å². The van der Waals surface area contributed by atoms with Crippen molar-refractivity contribution in [1.29, 1.82) is 0 Å². The maximum atomic E-state index is 13.0. The number of hydrogen-bond donors (Lipinski definition) is 3. The summed E-state index contributed by atoms with van der Waals surface area (Å²) in [5, 5.41) is 19.5. The van der Waals surface area contributed by atoms with Gasteiger partial charge in [-0.2, -0.15) is 36.3 Å². The Morgan fingerprint density at radius 3 is 2.47 bits per heavy atom. The number of alkyl halides is 6. The number of aliphatic hydroxyl groups is 2. The van der Waals surface area contributed by atoms with Crippen LogP contribution in [0.15, 0.2) is 4.79 Å². The van der Waals surface area contributed by atoms with Crippen LogP contribution in [0.4, 0.5) is 32.3 Å². The lowest BCUT2D eigenvalue weighted by Crippen LogP contribution is -2.40. The van der Waals surface area contributed by atoms with E-state index in [0.717, 1.165) is 7.11 Å². The van der Waals surface area contributed by atoms with Crippen molar-refractivity contribution in [3.63, 3.8) is 0 Å². The Hall–Kier alpha value is -2.59. The van der Waals surface area contributed by atoms with E-state index < -0.39 is 78.5 Å². The molecule has 2 aromatic rings. The number of imidazole rings is 1. The molecule has 168 valence electrons. The molecule has 0 spiro atoms. The standard InChI is InChI=1S/C14H15F6N5O5/c1-29-9-6-8(22-11(21)23-9)25(12(28)24(6)3-13(15,16)17)10-4(26)2-5(30-10)7(27)14(18,19)20/h4-5,7,10,26-27H,2-3H2,1H3,(H2,21,22,23)/t4-,5+,7?,10-/m1/s1. The molecule has 3 rings (SSSR count). The van der Waals surface area contributed by atoms with Crippen LogP contribution >= 0.6 is 0 Å². The highest BCUT2D eigenvalue weighted by Gasteiger charge is 2.50. The first kappa shape index (κ1) is 22.1. The number of hydrogen-bond acceptors (Lipinski definition) is 8. The van der Waals surface area contributed by atoms with Crippen molar-refractivity contribution in [3.8, 4) is 5.88 Å². The lowest BCUT2D eigenvalue weighted by Gasteiger charge is -2.21. The van der Waals surface area contributed by atoms with Crippen molar-refractivity contribution in [2.24, 2.45) is 0 Å². The van der Waals surface area contributed by atoms with Gasteiger partial charge in [0.25, 0.3) is 0 Å². The van der Waals surface area contributed by atoms with Crippen LogP contribution in [-0.4, -0.2) is 67.1 Å². The van der Waals surface area contributed by atoms with E-state index in [1.807, 2.05) is 0 Å². The van der Waals surface area contributed by atoms with E-state index in [1.54, 1.807) is 0 Å². The van der Waals surface area contributed by atoms with Gasteiger partial charge in [-0.3, -0.25) is 4.57 Å². The number of ether oxygens (including phenoxy) is 2. The summed E-state index contributed by atoms with van der Waals surface area (Å²) in [7, 11) is 1.04. The number of nitrogens with zero attached hydrogens (tertiary/aromatic N) is 4. The zero-order chi connectivity index (χ0) is 22.6. The fourth-order valence-corrected chi connectivity index (χ4v) is 3.18. The molecule has 0 amide bonds. The Labute approximate surface area is 162 Å². The first-order chi connectivity index (χ1) is 13.7. The van der Waals surface area contributed by atoms with Crippen molar-refractivity contribution >= 4 is 17.1 Å². The van der Waals surface area contributed by atoms with Crippen molar-refractivity contribution in [1.82, 2.24) is 19.1 Å². The van der Waals surface area contributed by atoms with Crippen molar-refractivity contribution in [2.45, 2.75) is 49.9 Å².